The van der Waals surface area contributed by atoms with E-state index in [9.17, 15) is 4.79 Å². The summed E-state index contributed by atoms with van der Waals surface area (Å²) >= 11 is 1.37. The summed E-state index contributed by atoms with van der Waals surface area (Å²) in [4.78, 5) is 17.6. The van der Waals surface area contributed by atoms with Crippen molar-refractivity contribution in [3.8, 4) is 5.75 Å². The van der Waals surface area contributed by atoms with Crippen LogP contribution in [0.3, 0.4) is 0 Å². The summed E-state index contributed by atoms with van der Waals surface area (Å²) in [6.45, 7) is 6.91. The summed E-state index contributed by atoms with van der Waals surface area (Å²) in [5.74, 6) is 0.736. The molecule has 1 aliphatic rings. The summed E-state index contributed by atoms with van der Waals surface area (Å²) in [7, 11) is 0. The normalized spacial score (nSPS) is 16.8. The number of para-hydroxylation sites is 1. The summed E-state index contributed by atoms with van der Waals surface area (Å²) in [6, 6.07) is 13.8. The molecule has 140 valence electrons. The van der Waals surface area contributed by atoms with E-state index < -0.39 is 0 Å². The first-order chi connectivity index (χ1) is 13.1. The third-order valence-corrected chi connectivity index (χ3v) is 5.16. The second-order valence-corrected chi connectivity index (χ2v) is 7.52. The number of nitrogens with one attached hydrogen (secondary N) is 1. The maximum atomic E-state index is 12.3. The van der Waals surface area contributed by atoms with Gasteiger partial charge in [-0.25, -0.2) is 4.99 Å². The van der Waals surface area contributed by atoms with Gasteiger partial charge in [-0.1, -0.05) is 43.7 Å². The van der Waals surface area contributed by atoms with Crippen LogP contribution in [0.1, 0.15) is 36.5 Å². The Kier molecular flexibility index (Phi) is 6.35. The fourth-order valence-electron chi connectivity index (χ4n) is 2.71. The predicted octanol–water partition coefficient (Wildman–Crippen LogP) is 5.37. The van der Waals surface area contributed by atoms with E-state index in [1.165, 1.54) is 11.8 Å². The van der Waals surface area contributed by atoms with Crippen LogP contribution in [0.2, 0.25) is 0 Å². The first-order valence-electron chi connectivity index (χ1n) is 9.15. The molecule has 1 aliphatic heterocycles. The van der Waals surface area contributed by atoms with Crippen LogP contribution in [0, 0.1) is 13.8 Å². The fourth-order valence-corrected chi connectivity index (χ4v) is 3.54. The number of carbonyl (C=O) groups excluding carboxylic acids is 1. The highest BCUT2D eigenvalue weighted by Crippen LogP contribution is 2.30. The van der Waals surface area contributed by atoms with E-state index in [1.54, 1.807) is 0 Å². The van der Waals surface area contributed by atoms with E-state index in [4.69, 9.17) is 4.74 Å². The van der Waals surface area contributed by atoms with Crippen molar-refractivity contribution in [2.24, 2.45) is 4.99 Å². The quantitative estimate of drug-likeness (QED) is 0.541. The van der Waals surface area contributed by atoms with Gasteiger partial charge in [-0.05, 0) is 66.9 Å². The number of hydrogen-bond acceptors (Lipinski definition) is 4. The third kappa shape index (κ3) is 5.01. The molecule has 3 rings (SSSR count). The number of unbranched alkanes of at least 4 members (excludes halogenated alkanes) is 1. The van der Waals surface area contributed by atoms with Crippen LogP contribution in [0.15, 0.2) is 52.4 Å². The van der Waals surface area contributed by atoms with E-state index in [2.05, 4.69) is 17.2 Å². The second-order valence-electron chi connectivity index (χ2n) is 6.49. The molecule has 0 radical (unpaired) electrons. The van der Waals surface area contributed by atoms with E-state index in [0.717, 1.165) is 47.6 Å². The molecule has 0 bridgehead atoms. The van der Waals surface area contributed by atoms with Crippen LogP contribution >= 0.6 is 11.8 Å². The van der Waals surface area contributed by atoms with E-state index in [1.807, 2.05) is 62.4 Å². The predicted molar refractivity (Wildman–Crippen MR) is 114 cm³/mol. The van der Waals surface area contributed by atoms with Gasteiger partial charge in [0.1, 0.15) is 5.75 Å². The lowest BCUT2D eigenvalue weighted by molar-refractivity contribution is -0.115. The lowest BCUT2D eigenvalue weighted by Crippen LogP contribution is -2.19. The molecule has 1 heterocycles. The minimum absolute atomic E-state index is 0.117. The third-order valence-electron chi connectivity index (χ3n) is 4.25. The van der Waals surface area contributed by atoms with Crippen molar-refractivity contribution in [3.63, 3.8) is 0 Å². The number of amidine groups is 1. The Morgan fingerprint density at radius 2 is 1.81 bits per heavy atom. The molecule has 0 saturated carbocycles. The molecule has 2 aromatic carbocycles. The standard InChI is InChI=1S/C22H24N2O2S/c1-4-5-13-26-18-11-9-17(10-12-18)14-19-21(25)24-22(27-19)23-20-15(2)7-6-8-16(20)3/h6-12,14H,4-5,13H2,1-3H3,(H,23,24,25)/b19-14-. The van der Waals surface area contributed by atoms with Gasteiger partial charge >= 0.3 is 0 Å². The number of nitrogens with zero attached hydrogens (tertiary/aromatic N) is 1. The zero-order valence-corrected chi connectivity index (χ0v) is 16.7. The minimum Gasteiger partial charge on any atom is -0.494 e. The Morgan fingerprint density at radius 3 is 2.48 bits per heavy atom. The Bertz CT molecular complexity index is 865. The molecule has 1 saturated heterocycles. The van der Waals surface area contributed by atoms with Gasteiger partial charge in [0.15, 0.2) is 5.17 Å². The molecule has 1 fully saturated rings. The van der Waals surface area contributed by atoms with Gasteiger partial charge in [0.2, 0.25) is 0 Å². The van der Waals surface area contributed by atoms with Gasteiger partial charge in [-0.3, -0.25) is 4.79 Å². The van der Waals surface area contributed by atoms with Crippen molar-refractivity contribution in [1.82, 2.24) is 5.32 Å². The zero-order chi connectivity index (χ0) is 19.2. The number of carbonyl (C=O) groups is 1. The number of aryl methyl sites for hydroxylation is 2. The molecule has 2 aromatic rings. The number of ether oxygens (including phenoxy) is 1. The van der Waals surface area contributed by atoms with Crippen LogP contribution in [-0.4, -0.2) is 17.7 Å². The van der Waals surface area contributed by atoms with Crippen molar-refractivity contribution >= 4 is 34.6 Å². The Labute approximate surface area is 164 Å². The molecule has 5 heteroatoms. The van der Waals surface area contributed by atoms with Crippen LogP contribution in [0.5, 0.6) is 5.75 Å². The molecule has 1 N–H and O–H groups in total. The average Bonchev–Trinajstić information content (AvgIpc) is 2.99. The van der Waals surface area contributed by atoms with Crippen molar-refractivity contribution in [3.05, 3.63) is 64.1 Å². The van der Waals surface area contributed by atoms with E-state index in [0.29, 0.717) is 10.1 Å². The number of amides is 1. The largest absolute Gasteiger partial charge is 0.494 e. The van der Waals surface area contributed by atoms with E-state index >= 15 is 0 Å². The van der Waals surface area contributed by atoms with Gasteiger partial charge in [0, 0.05) is 0 Å². The van der Waals surface area contributed by atoms with Gasteiger partial charge in [0.05, 0.1) is 17.2 Å². The van der Waals surface area contributed by atoms with Crippen LogP contribution in [0.25, 0.3) is 6.08 Å². The Balaban J connectivity index is 1.73. The van der Waals surface area contributed by atoms with Gasteiger partial charge in [-0.2, -0.15) is 0 Å². The molecular weight excluding hydrogens is 356 g/mol. The van der Waals surface area contributed by atoms with Crippen LogP contribution in [-0.2, 0) is 4.79 Å². The molecule has 0 spiro atoms. The number of benzene rings is 2. The lowest BCUT2D eigenvalue weighted by Gasteiger charge is -2.05. The average molecular weight is 381 g/mol. The highest BCUT2D eigenvalue weighted by atomic mass is 32.2. The second kappa shape index (κ2) is 8.91. The van der Waals surface area contributed by atoms with Crippen LogP contribution in [0.4, 0.5) is 5.69 Å². The molecule has 1 amide bonds. The number of rotatable bonds is 6. The Hall–Kier alpha value is -2.53. The van der Waals surface area contributed by atoms with Gasteiger partial charge in [-0.15, -0.1) is 0 Å². The van der Waals surface area contributed by atoms with Gasteiger partial charge < -0.3 is 10.1 Å². The maximum absolute atomic E-state index is 12.3. The minimum atomic E-state index is -0.117. The first kappa shape index (κ1) is 19.2. The first-order valence-corrected chi connectivity index (χ1v) is 9.97. The number of thioether (sulfide) groups is 1. The van der Waals surface area contributed by atoms with Gasteiger partial charge in [0.25, 0.3) is 5.91 Å². The highest BCUT2D eigenvalue weighted by molar-refractivity contribution is 8.18. The Morgan fingerprint density at radius 1 is 1.11 bits per heavy atom. The summed E-state index contributed by atoms with van der Waals surface area (Å²) in [6.07, 6.45) is 4.04. The molecular formula is C22H24N2O2S. The zero-order valence-electron chi connectivity index (χ0n) is 15.9. The highest BCUT2D eigenvalue weighted by Gasteiger charge is 2.24. The van der Waals surface area contributed by atoms with Crippen molar-refractivity contribution < 1.29 is 9.53 Å². The lowest BCUT2D eigenvalue weighted by atomic mass is 10.1. The molecule has 0 aliphatic carbocycles. The smallest absolute Gasteiger partial charge is 0.264 e. The summed E-state index contributed by atoms with van der Waals surface area (Å²) in [5.41, 5.74) is 4.06. The summed E-state index contributed by atoms with van der Waals surface area (Å²) in [5, 5.41) is 3.47. The fraction of sp³-hybridized carbons (Fsp3) is 0.273. The number of aliphatic imine (C=N–C) groups is 1. The number of hydrogen-bond donors (Lipinski definition) is 1. The maximum Gasteiger partial charge on any atom is 0.264 e. The van der Waals surface area contributed by atoms with Crippen molar-refractivity contribution in [2.45, 2.75) is 33.6 Å². The van der Waals surface area contributed by atoms with Crippen LogP contribution < -0.4 is 10.1 Å². The molecule has 0 atom stereocenters. The van der Waals surface area contributed by atoms with Crippen molar-refractivity contribution in [1.29, 1.82) is 0 Å². The molecule has 4 nitrogen and oxygen atoms in total. The SMILES string of the molecule is CCCCOc1ccc(/C=C2\SC(=Nc3c(C)cccc3C)NC2=O)cc1. The topological polar surface area (TPSA) is 50.7 Å². The molecule has 0 aromatic heterocycles. The van der Waals surface area contributed by atoms with Crippen molar-refractivity contribution in [2.75, 3.05) is 6.61 Å². The molecule has 0 unspecified atom stereocenters. The monoisotopic (exact) mass is 380 g/mol. The van der Waals surface area contributed by atoms with E-state index in [-0.39, 0.29) is 5.91 Å². The molecule has 27 heavy (non-hydrogen) atoms. The summed E-state index contributed by atoms with van der Waals surface area (Å²) < 4.78 is 5.67.